The van der Waals surface area contributed by atoms with Crippen molar-refractivity contribution in [2.75, 3.05) is 72.0 Å². The van der Waals surface area contributed by atoms with Crippen LogP contribution in [0.1, 0.15) is 95.5 Å². The van der Waals surface area contributed by atoms with Crippen molar-refractivity contribution in [2.45, 2.75) is 126 Å². The summed E-state index contributed by atoms with van der Waals surface area (Å²) < 4.78 is 17.9. The van der Waals surface area contributed by atoms with E-state index in [1.54, 1.807) is 7.11 Å². The number of amides is 1. The molecule has 67 heavy (non-hydrogen) atoms. The van der Waals surface area contributed by atoms with Crippen molar-refractivity contribution in [3.05, 3.63) is 70.9 Å². The smallest absolute Gasteiger partial charge is 0.323 e. The molecule has 6 aliphatic rings. The Morgan fingerprint density at radius 3 is 2.49 bits per heavy atom. The largest absolute Gasteiger partial charge is 0.496 e. The molecule has 11 atom stereocenters. The van der Waals surface area contributed by atoms with E-state index in [0.29, 0.717) is 82.6 Å². The van der Waals surface area contributed by atoms with Crippen molar-refractivity contribution in [2.24, 2.45) is 22.5 Å². The quantitative estimate of drug-likeness (QED) is 0.0926. The number of fused-ring (bicyclic) bond motifs is 6. The summed E-state index contributed by atoms with van der Waals surface area (Å²) in [5.41, 5.74) is 3.81. The van der Waals surface area contributed by atoms with E-state index in [0.717, 1.165) is 33.4 Å². The van der Waals surface area contributed by atoms with E-state index in [1.165, 1.54) is 7.11 Å². The maximum atomic E-state index is 15.4. The predicted molar refractivity (Wildman–Crippen MR) is 255 cm³/mol. The second kappa shape index (κ2) is 16.9. The Bertz CT molecular complexity index is 2470. The van der Waals surface area contributed by atoms with Crippen LogP contribution in [0.5, 0.6) is 5.75 Å². The van der Waals surface area contributed by atoms with Gasteiger partial charge in [0, 0.05) is 90.6 Å². The van der Waals surface area contributed by atoms with Crippen LogP contribution in [0.25, 0.3) is 10.9 Å². The molecule has 15 heteroatoms. The third-order valence-electron chi connectivity index (χ3n) is 17.2. The van der Waals surface area contributed by atoms with Gasteiger partial charge in [-0.1, -0.05) is 65.0 Å². The topological polar surface area (TPSA) is 203 Å². The van der Waals surface area contributed by atoms with E-state index in [1.807, 2.05) is 83.0 Å². The summed E-state index contributed by atoms with van der Waals surface area (Å²) in [6.45, 7) is 12.9. The van der Waals surface area contributed by atoms with E-state index in [-0.39, 0.29) is 31.5 Å². The van der Waals surface area contributed by atoms with Crippen LogP contribution < -0.4 is 20.7 Å². The highest BCUT2D eigenvalue weighted by molar-refractivity contribution is 5.95. The first-order chi connectivity index (χ1) is 31.8. The fourth-order valence-corrected chi connectivity index (χ4v) is 14.1. The lowest BCUT2D eigenvalue weighted by Gasteiger charge is -2.63. The van der Waals surface area contributed by atoms with E-state index in [9.17, 15) is 20.1 Å². The molecule has 0 radical (unpaired) electrons. The van der Waals surface area contributed by atoms with Gasteiger partial charge < -0.3 is 50.5 Å². The van der Waals surface area contributed by atoms with E-state index in [2.05, 4.69) is 32.2 Å². The van der Waals surface area contributed by atoms with Crippen LogP contribution in [0.2, 0.25) is 0 Å². The maximum absolute atomic E-state index is 15.4. The van der Waals surface area contributed by atoms with Gasteiger partial charge in [-0.3, -0.25) is 24.2 Å². The summed E-state index contributed by atoms with van der Waals surface area (Å²) in [5, 5.41) is 42.4. The number of carbonyl (C=O) groups excluding carboxylic acids is 3. The highest BCUT2D eigenvalue weighted by Gasteiger charge is 2.78. The lowest BCUT2D eigenvalue weighted by molar-refractivity contribution is -0.203. The van der Waals surface area contributed by atoms with Gasteiger partial charge in [0.1, 0.15) is 23.3 Å². The fraction of sp³-hybridized carbons (Fsp3) is 0.635. The summed E-state index contributed by atoms with van der Waals surface area (Å²) >= 11 is 0. The first-order valence-corrected chi connectivity index (χ1v) is 24.4. The molecule has 8 unspecified atom stereocenters. The Kier molecular flexibility index (Phi) is 12.0. The van der Waals surface area contributed by atoms with Crippen molar-refractivity contribution in [3.63, 3.8) is 0 Å². The molecule has 364 valence electrons. The van der Waals surface area contributed by atoms with Crippen molar-refractivity contribution in [1.29, 1.82) is 0 Å². The number of methoxy groups -OCH3 is 2. The Morgan fingerprint density at radius 2 is 1.79 bits per heavy atom. The number of H-pyrrole nitrogens is 1. The Hall–Kier alpha value is -4.51. The molecule has 2 bridgehead atoms. The number of rotatable bonds is 11. The summed E-state index contributed by atoms with van der Waals surface area (Å²) in [5.74, 6) is -1.36. The fourth-order valence-electron chi connectivity index (χ4n) is 14.1. The average Bonchev–Trinajstić information content (AvgIpc) is 3.97. The lowest BCUT2D eigenvalue weighted by atomic mass is 9.47. The molecular weight excluding hydrogens is 853 g/mol. The molecule has 3 aromatic rings. The summed E-state index contributed by atoms with van der Waals surface area (Å²) in [7, 11) is 4.90. The van der Waals surface area contributed by atoms with E-state index < -0.39 is 68.9 Å². The molecule has 3 fully saturated rings. The third-order valence-corrected chi connectivity index (χ3v) is 17.2. The zero-order valence-electron chi connectivity index (χ0n) is 40.6. The average molecular weight is 925 g/mol. The van der Waals surface area contributed by atoms with Crippen LogP contribution in [0.3, 0.4) is 0 Å². The molecule has 2 aromatic carbocycles. The number of carbonyl (C=O) groups is 3. The minimum absolute atomic E-state index is 0.0144. The number of esters is 2. The number of aromatic amines is 1. The second-order valence-electron chi connectivity index (χ2n) is 21.7. The monoisotopic (exact) mass is 925 g/mol. The molecule has 6 heterocycles. The van der Waals surface area contributed by atoms with Gasteiger partial charge in [0.25, 0.3) is 5.91 Å². The summed E-state index contributed by atoms with van der Waals surface area (Å²) in [6.07, 6.45) is 5.84. The number of hydrogen-bond acceptors (Lipinski definition) is 13. The van der Waals surface area contributed by atoms with Gasteiger partial charge in [-0.05, 0) is 86.1 Å². The second-order valence-corrected chi connectivity index (χ2v) is 21.7. The number of para-hydroxylation sites is 1. The maximum Gasteiger partial charge on any atom is 0.323 e. The van der Waals surface area contributed by atoms with Crippen LogP contribution >= 0.6 is 0 Å². The SMILES string of the molecule is CCC1(O)CC2CN(CCc3c([nH]c4ccccc34)[C@@](C(=O)OC)(c3cc4c(cc3OC)N(C)C3C45CCN4CC=C[C@](CC)(C45)C(O)[C@]3(O)C(=O)NCCCOC(=O)C(N)C(C)(C)C)C2)C1. The molecule has 7 N–H and O–H groups in total. The number of nitrogens with one attached hydrogen (secondary N) is 2. The van der Waals surface area contributed by atoms with Gasteiger partial charge in [0.15, 0.2) is 5.60 Å². The molecular formula is C52H72N6O9. The number of aliphatic hydroxyl groups is 3. The van der Waals surface area contributed by atoms with Crippen LogP contribution in [0.4, 0.5) is 5.69 Å². The summed E-state index contributed by atoms with van der Waals surface area (Å²) in [6, 6.07) is 10.1. The normalized spacial score (nSPS) is 34.7. The Balaban J connectivity index is 1.21. The minimum Gasteiger partial charge on any atom is -0.496 e. The molecule has 1 spiro atoms. The zero-order chi connectivity index (χ0) is 48.1. The number of piperidine rings is 1. The molecule has 1 saturated carbocycles. The number of ether oxygens (including phenoxy) is 3. The van der Waals surface area contributed by atoms with Gasteiger partial charge in [-0.2, -0.15) is 0 Å². The van der Waals surface area contributed by atoms with Crippen molar-refractivity contribution in [3.8, 4) is 5.75 Å². The molecule has 5 aliphatic heterocycles. The first kappa shape index (κ1) is 47.6. The highest BCUT2D eigenvalue weighted by Crippen LogP contribution is 2.67. The molecule has 1 amide bonds. The van der Waals surface area contributed by atoms with Crippen LogP contribution in [0.15, 0.2) is 48.6 Å². The van der Waals surface area contributed by atoms with E-state index in [4.69, 9.17) is 19.9 Å². The number of hydrogen-bond donors (Lipinski definition) is 6. The number of aromatic nitrogens is 1. The molecule has 15 nitrogen and oxygen atoms in total. The Labute approximate surface area is 394 Å². The van der Waals surface area contributed by atoms with Crippen molar-refractivity contribution < 1.29 is 43.9 Å². The molecule has 9 rings (SSSR count). The number of nitrogens with zero attached hydrogens (tertiary/aromatic N) is 3. The molecule has 2 saturated heterocycles. The van der Waals surface area contributed by atoms with Gasteiger partial charge in [-0.25, -0.2) is 0 Å². The minimum atomic E-state index is -2.34. The zero-order valence-corrected chi connectivity index (χ0v) is 40.6. The highest BCUT2D eigenvalue weighted by atomic mass is 16.5. The number of aliphatic hydroxyl groups excluding tert-OH is 1. The van der Waals surface area contributed by atoms with Crippen molar-refractivity contribution >= 4 is 34.4 Å². The first-order valence-electron chi connectivity index (χ1n) is 24.4. The van der Waals surface area contributed by atoms with E-state index >= 15 is 9.59 Å². The molecule has 1 aliphatic carbocycles. The van der Waals surface area contributed by atoms with Crippen LogP contribution in [-0.4, -0.2) is 151 Å². The predicted octanol–water partition coefficient (Wildman–Crippen LogP) is 3.67. The number of anilines is 1. The van der Waals surface area contributed by atoms with Gasteiger partial charge >= 0.3 is 11.9 Å². The summed E-state index contributed by atoms with van der Waals surface area (Å²) in [4.78, 5) is 53.6. The Morgan fingerprint density at radius 1 is 1.03 bits per heavy atom. The van der Waals surface area contributed by atoms with Gasteiger partial charge in [-0.15, -0.1) is 0 Å². The number of likely N-dealkylation sites (N-methyl/N-ethyl adjacent to an activating group) is 1. The number of benzene rings is 2. The van der Waals surface area contributed by atoms with Gasteiger partial charge in [0.05, 0.1) is 32.5 Å². The standard InChI is InChI=1S/C52H72N6O9/c1-9-48(63)27-31-28-51(46(62)66-8,40-33(17-22-57(29-31)30-48)32-15-11-12-16-36(32)55-40)35-25-34-37(26-38(35)65-7)56(6)43-50(34)19-23-58-21-13-18-49(10-2,42(50)58)44(60)52(43,64)45(61)54-20-14-24-67-41(59)39(53)47(3,4)5/h11-13,15-16,18,25-26,31,39,42-44,55,60,63-64H,9-10,14,17,19-24,27-30,53H2,1-8H3,(H,54,61)/t31?,39?,42?,43?,44?,48?,49-,50?,51+,52+/m1/s1. The van der Waals surface area contributed by atoms with Crippen LogP contribution in [0, 0.1) is 16.7 Å². The number of nitrogens with two attached hydrogens (primary N) is 1. The lowest BCUT2D eigenvalue weighted by Crippen LogP contribution is -2.81. The van der Waals surface area contributed by atoms with Crippen LogP contribution in [-0.2, 0) is 41.1 Å². The third kappa shape index (κ3) is 6.91. The van der Waals surface area contributed by atoms with Gasteiger partial charge in [0.2, 0.25) is 0 Å². The van der Waals surface area contributed by atoms with Crippen molar-refractivity contribution in [1.82, 2.24) is 20.1 Å². The molecule has 1 aromatic heterocycles.